The molecule has 0 aliphatic rings. The summed E-state index contributed by atoms with van der Waals surface area (Å²) in [5.74, 6) is 0. The van der Waals surface area contributed by atoms with Gasteiger partial charge in [0.1, 0.15) is 0 Å². The number of ether oxygens (including phenoxy) is 1. The Balaban J connectivity index is 0. The monoisotopic (exact) mass is 320 g/mol. The Morgan fingerprint density at radius 3 is 1.95 bits per heavy atom. The molecule has 0 saturated heterocycles. The maximum atomic E-state index is 8.59. The Labute approximate surface area is 132 Å². The average Bonchev–Trinajstić information content (AvgIpc) is 2.44. The molecular weight excluding hydrogens is 287 g/mol. The predicted octanol–water partition coefficient (Wildman–Crippen LogP) is 4.34. The fraction of sp³-hybridized carbons (Fsp3) is 0.933. The first kappa shape index (κ1) is 23.0. The van der Waals surface area contributed by atoms with Gasteiger partial charge in [-0.05, 0) is 34.1 Å². The van der Waals surface area contributed by atoms with Gasteiger partial charge in [0.15, 0.2) is 0 Å². The molecule has 126 valence electrons. The number of hydrogen-bond acceptors (Lipinski definition) is 5. The SMILES string of the molecule is CC.COCCCOP(OCCC#N)N(C(C)C)C(C)C. The summed E-state index contributed by atoms with van der Waals surface area (Å²) < 4.78 is 18.8. The number of hydrogen-bond donors (Lipinski definition) is 0. The second kappa shape index (κ2) is 16.1. The molecule has 0 bridgehead atoms. The molecule has 21 heavy (non-hydrogen) atoms. The maximum absolute atomic E-state index is 8.59. The molecular formula is C15H33N2O3P. The van der Waals surface area contributed by atoms with Crippen molar-refractivity contribution in [2.45, 2.75) is 66.5 Å². The lowest BCUT2D eigenvalue weighted by Crippen LogP contribution is -2.33. The van der Waals surface area contributed by atoms with Crippen molar-refractivity contribution in [3.8, 4) is 6.07 Å². The summed E-state index contributed by atoms with van der Waals surface area (Å²) in [5.41, 5.74) is 0. The number of methoxy groups -OCH3 is 1. The van der Waals surface area contributed by atoms with Gasteiger partial charge in [-0.3, -0.25) is 0 Å². The zero-order valence-corrected chi connectivity index (χ0v) is 15.7. The van der Waals surface area contributed by atoms with E-state index in [1.165, 1.54) is 0 Å². The Morgan fingerprint density at radius 1 is 1.00 bits per heavy atom. The lowest BCUT2D eigenvalue weighted by molar-refractivity contribution is 0.147. The van der Waals surface area contributed by atoms with Crippen LogP contribution in [0.1, 0.15) is 54.4 Å². The highest BCUT2D eigenvalue weighted by Crippen LogP contribution is 2.45. The van der Waals surface area contributed by atoms with Gasteiger partial charge in [-0.15, -0.1) is 0 Å². The molecule has 0 N–H and O–H groups in total. The van der Waals surface area contributed by atoms with Gasteiger partial charge < -0.3 is 13.8 Å². The second-order valence-electron chi connectivity index (χ2n) is 4.73. The van der Waals surface area contributed by atoms with Crippen LogP contribution in [-0.2, 0) is 13.8 Å². The van der Waals surface area contributed by atoms with E-state index in [1.54, 1.807) is 7.11 Å². The zero-order chi connectivity index (χ0) is 16.7. The van der Waals surface area contributed by atoms with Crippen molar-refractivity contribution < 1.29 is 13.8 Å². The summed E-state index contributed by atoms with van der Waals surface area (Å²) >= 11 is 0. The molecule has 0 heterocycles. The van der Waals surface area contributed by atoms with Crippen LogP contribution in [0.3, 0.4) is 0 Å². The molecule has 1 atom stereocenters. The van der Waals surface area contributed by atoms with Gasteiger partial charge in [0.05, 0.1) is 25.7 Å². The van der Waals surface area contributed by atoms with E-state index in [2.05, 4.69) is 38.4 Å². The minimum Gasteiger partial charge on any atom is -0.385 e. The fourth-order valence-electron chi connectivity index (χ4n) is 1.66. The Hall–Kier alpha value is -0.240. The van der Waals surface area contributed by atoms with Crippen molar-refractivity contribution in [1.29, 1.82) is 5.26 Å². The van der Waals surface area contributed by atoms with Crippen LogP contribution in [0.5, 0.6) is 0 Å². The van der Waals surface area contributed by atoms with Crippen molar-refractivity contribution >= 4 is 8.53 Å². The van der Waals surface area contributed by atoms with Crippen LogP contribution in [0, 0.1) is 11.3 Å². The molecule has 0 aromatic heterocycles. The fourth-order valence-corrected chi connectivity index (χ4v) is 3.29. The van der Waals surface area contributed by atoms with Crippen LogP contribution < -0.4 is 0 Å². The van der Waals surface area contributed by atoms with E-state index in [0.29, 0.717) is 38.3 Å². The summed E-state index contributed by atoms with van der Waals surface area (Å²) in [6.07, 6.45) is 1.24. The van der Waals surface area contributed by atoms with Crippen molar-refractivity contribution in [3.63, 3.8) is 0 Å². The lowest BCUT2D eigenvalue weighted by atomic mass is 10.3. The van der Waals surface area contributed by atoms with Gasteiger partial charge in [-0.2, -0.15) is 5.26 Å². The summed E-state index contributed by atoms with van der Waals surface area (Å²) in [5, 5.41) is 8.59. The third-order valence-electron chi connectivity index (χ3n) is 2.36. The van der Waals surface area contributed by atoms with E-state index >= 15 is 0 Å². The van der Waals surface area contributed by atoms with Crippen molar-refractivity contribution in [2.24, 2.45) is 0 Å². The van der Waals surface area contributed by atoms with E-state index in [4.69, 9.17) is 19.0 Å². The molecule has 0 amide bonds. The third kappa shape index (κ3) is 12.0. The van der Waals surface area contributed by atoms with Gasteiger partial charge in [-0.1, -0.05) is 13.8 Å². The van der Waals surface area contributed by atoms with Crippen LogP contribution in [-0.4, -0.2) is 43.7 Å². The summed E-state index contributed by atoms with van der Waals surface area (Å²) in [4.78, 5) is 0. The van der Waals surface area contributed by atoms with E-state index in [-0.39, 0.29) is 0 Å². The molecule has 0 aromatic carbocycles. The standard InChI is InChI=1S/C13H27N2O3P.C2H6/c1-12(2)15(13(3)4)19(17-10-6-8-14)18-11-7-9-16-5;1-2/h12-13H,6-7,9-11H2,1-5H3;1-2H3. The van der Waals surface area contributed by atoms with Crippen LogP contribution >= 0.6 is 8.53 Å². The van der Waals surface area contributed by atoms with Gasteiger partial charge in [-0.25, -0.2) is 4.67 Å². The first-order chi connectivity index (χ1) is 10.0. The Bertz CT molecular complexity index is 250. The highest BCUT2D eigenvalue weighted by molar-refractivity contribution is 7.44. The zero-order valence-electron chi connectivity index (χ0n) is 14.8. The van der Waals surface area contributed by atoms with Crippen molar-refractivity contribution in [2.75, 3.05) is 26.9 Å². The largest absolute Gasteiger partial charge is 0.385 e. The minimum absolute atomic E-state index is 0.343. The summed E-state index contributed by atoms with van der Waals surface area (Å²) in [7, 11) is 0.577. The topological polar surface area (TPSA) is 54.7 Å². The Morgan fingerprint density at radius 2 is 1.52 bits per heavy atom. The predicted molar refractivity (Wildman–Crippen MR) is 89.0 cm³/mol. The first-order valence-corrected chi connectivity index (χ1v) is 8.87. The average molecular weight is 320 g/mol. The van der Waals surface area contributed by atoms with Crippen LogP contribution in [0.2, 0.25) is 0 Å². The number of nitriles is 1. The number of rotatable bonds is 11. The number of nitrogens with zero attached hydrogens (tertiary/aromatic N) is 2. The van der Waals surface area contributed by atoms with Crippen molar-refractivity contribution in [1.82, 2.24) is 4.67 Å². The molecule has 0 spiro atoms. The molecule has 6 heteroatoms. The normalized spacial score (nSPS) is 12.2. The summed E-state index contributed by atoms with van der Waals surface area (Å²) in [6.45, 7) is 14.2. The second-order valence-corrected chi connectivity index (χ2v) is 6.18. The van der Waals surface area contributed by atoms with Crippen molar-refractivity contribution in [3.05, 3.63) is 0 Å². The minimum atomic E-state index is -1.10. The molecule has 0 aromatic rings. The van der Waals surface area contributed by atoms with Gasteiger partial charge >= 0.3 is 0 Å². The lowest BCUT2D eigenvalue weighted by Gasteiger charge is -2.35. The van der Waals surface area contributed by atoms with E-state index in [1.807, 2.05) is 13.8 Å². The smallest absolute Gasteiger partial charge is 0.259 e. The molecule has 0 fully saturated rings. The molecule has 0 radical (unpaired) electrons. The van der Waals surface area contributed by atoms with Gasteiger partial charge in [0.25, 0.3) is 8.53 Å². The quantitative estimate of drug-likeness (QED) is 0.418. The molecule has 0 saturated carbocycles. The maximum Gasteiger partial charge on any atom is 0.259 e. The molecule has 0 rings (SSSR count). The van der Waals surface area contributed by atoms with Crippen LogP contribution in [0.15, 0.2) is 0 Å². The van der Waals surface area contributed by atoms with Gasteiger partial charge in [0, 0.05) is 25.8 Å². The molecule has 5 nitrogen and oxygen atoms in total. The highest BCUT2D eigenvalue weighted by atomic mass is 31.2. The first-order valence-electron chi connectivity index (χ1n) is 7.74. The molecule has 0 aliphatic heterocycles. The van der Waals surface area contributed by atoms with E-state index in [9.17, 15) is 0 Å². The van der Waals surface area contributed by atoms with E-state index in [0.717, 1.165) is 6.42 Å². The Kier molecular flexibility index (Phi) is 17.7. The van der Waals surface area contributed by atoms with Crippen LogP contribution in [0.25, 0.3) is 0 Å². The molecule has 0 aliphatic carbocycles. The van der Waals surface area contributed by atoms with Crippen LogP contribution in [0.4, 0.5) is 0 Å². The van der Waals surface area contributed by atoms with Gasteiger partial charge in [0.2, 0.25) is 0 Å². The van der Waals surface area contributed by atoms with E-state index < -0.39 is 8.53 Å². The summed E-state index contributed by atoms with van der Waals surface area (Å²) in [6, 6.07) is 2.77. The third-order valence-corrected chi connectivity index (χ3v) is 4.46. The molecule has 1 unspecified atom stereocenters. The highest BCUT2D eigenvalue weighted by Gasteiger charge is 2.26.